The van der Waals surface area contributed by atoms with Gasteiger partial charge >= 0.3 is 0 Å². The van der Waals surface area contributed by atoms with E-state index in [1.165, 1.54) is 6.92 Å². The molecule has 1 aromatic carbocycles. The number of aliphatic hydroxyl groups excluding tert-OH is 1. The van der Waals surface area contributed by atoms with E-state index >= 15 is 0 Å². The van der Waals surface area contributed by atoms with Crippen LogP contribution in [0.5, 0.6) is 5.88 Å². The number of nitrogens with zero attached hydrogens (tertiary/aromatic N) is 3. The number of hydrogen-bond acceptors (Lipinski definition) is 5. The van der Waals surface area contributed by atoms with Crippen LogP contribution in [0.2, 0.25) is 0 Å². The van der Waals surface area contributed by atoms with Gasteiger partial charge in [-0.2, -0.15) is 0 Å². The lowest BCUT2D eigenvalue weighted by Gasteiger charge is -2.37. The molecule has 1 aliphatic rings. The lowest BCUT2D eigenvalue weighted by molar-refractivity contribution is -0.129. The zero-order valence-electron chi connectivity index (χ0n) is 18.8. The Morgan fingerprint density at radius 1 is 1.32 bits per heavy atom. The fourth-order valence-corrected chi connectivity index (χ4v) is 3.62. The van der Waals surface area contributed by atoms with Crippen LogP contribution in [-0.2, 0) is 4.79 Å². The van der Waals surface area contributed by atoms with Crippen LogP contribution in [0.3, 0.4) is 0 Å². The molecule has 2 amide bonds. The number of ether oxygens (including phenoxy) is 1. The molecule has 3 atom stereocenters. The summed E-state index contributed by atoms with van der Waals surface area (Å²) in [6, 6.07) is 9.46. The summed E-state index contributed by atoms with van der Waals surface area (Å²) in [5, 5.41) is 9.75. The molecule has 1 aliphatic heterocycles. The molecule has 166 valence electrons. The summed E-state index contributed by atoms with van der Waals surface area (Å²) in [5.41, 5.74) is 3.29. The van der Waals surface area contributed by atoms with E-state index in [4.69, 9.17) is 4.74 Å². The predicted octanol–water partition coefficient (Wildman–Crippen LogP) is 2.76. The van der Waals surface area contributed by atoms with Gasteiger partial charge < -0.3 is 19.6 Å². The van der Waals surface area contributed by atoms with Gasteiger partial charge in [0.15, 0.2) is 0 Å². The van der Waals surface area contributed by atoms with Crippen molar-refractivity contribution in [3.63, 3.8) is 0 Å². The first kappa shape index (κ1) is 22.7. The largest absolute Gasteiger partial charge is 0.472 e. The number of aryl methyl sites for hydroxylation is 1. The first-order chi connectivity index (χ1) is 14.7. The van der Waals surface area contributed by atoms with Gasteiger partial charge in [-0.1, -0.05) is 36.8 Å². The van der Waals surface area contributed by atoms with Gasteiger partial charge in [0.25, 0.3) is 5.91 Å². The first-order valence-electron chi connectivity index (χ1n) is 10.6. The molecule has 0 unspecified atom stereocenters. The van der Waals surface area contributed by atoms with E-state index in [9.17, 15) is 14.7 Å². The second-order valence-corrected chi connectivity index (χ2v) is 8.46. The average Bonchev–Trinajstić information content (AvgIpc) is 2.75. The summed E-state index contributed by atoms with van der Waals surface area (Å²) in [6.07, 6.45) is 1.36. The Hall–Kier alpha value is -2.93. The SMILES string of the molecule is CC(=O)N(C)C[C@@H]1Oc2ncc(-c3ccc(C)cc3)cc2C(=O)N([C@H](C)CO)C[C@@H]1C. The Balaban J connectivity index is 2.05. The molecule has 1 aromatic heterocycles. The Labute approximate surface area is 183 Å². The fraction of sp³-hybridized carbons (Fsp3) is 0.458. The van der Waals surface area contributed by atoms with Crippen molar-refractivity contribution in [2.75, 3.05) is 26.7 Å². The summed E-state index contributed by atoms with van der Waals surface area (Å²) in [7, 11) is 1.73. The van der Waals surface area contributed by atoms with Crippen LogP contribution in [0, 0.1) is 12.8 Å². The van der Waals surface area contributed by atoms with Crippen LogP contribution >= 0.6 is 0 Å². The summed E-state index contributed by atoms with van der Waals surface area (Å²) >= 11 is 0. The molecule has 0 bridgehead atoms. The Morgan fingerprint density at radius 2 is 2.00 bits per heavy atom. The summed E-state index contributed by atoms with van der Waals surface area (Å²) < 4.78 is 6.20. The molecule has 31 heavy (non-hydrogen) atoms. The highest BCUT2D eigenvalue weighted by atomic mass is 16.5. The Morgan fingerprint density at radius 3 is 2.61 bits per heavy atom. The molecule has 2 aromatic rings. The van der Waals surface area contributed by atoms with Crippen LogP contribution in [0.1, 0.15) is 36.7 Å². The average molecular weight is 426 g/mol. The number of pyridine rings is 1. The third-order valence-electron chi connectivity index (χ3n) is 5.90. The van der Waals surface area contributed by atoms with Crippen molar-refractivity contribution in [1.29, 1.82) is 0 Å². The third-order valence-corrected chi connectivity index (χ3v) is 5.90. The van der Waals surface area contributed by atoms with Crippen molar-refractivity contribution in [3.8, 4) is 17.0 Å². The number of benzene rings is 1. The Bertz CT molecular complexity index is 944. The molecule has 0 aliphatic carbocycles. The Kier molecular flexibility index (Phi) is 6.95. The topological polar surface area (TPSA) is 83.0 Å². The number of carbonyl (C=O) groups is 2. The zero-order valence-corrected chi connectivity index (χ0v) is 18.8. The number of fused-ring (bicyclic) bond motifs is 1. The summed E-state index contributed by atoms with van der Waals surface area (Å²) in [4.78, 5) is 33.0. The van der Waals surface area contributed by atoms with Crippen molar-refractivity contribution in [2.45, 2.75) is 39.8 Å². The van der Waals surface area contributed by atoms with Gasteiger partial charge in [-0.25, -0.2) is 4.98 Å². The molecule has 7 nitrogen and oxygen atoms in total. The minimum absolute atomic E-state index is 0.0579. The monoisotopic (exact) mass is 425 g/mol. The molecule has 0 saturated carbocycles. The van der Waals surface area contributed by atoms with Crippen LogP contribution in [0.15, 0.2) is 36.5 Å². The first-order valence-corrected chi connectivity index (χ1v) is 10.6. The van der Waals surface area contributed by atoms with Crippen LogP contribution in [0.4, 0.5) is 0 Å². The van der Waals surface area contributed by atoms with Gasteiger partial charge in [0.1, 0.15) is 11.7 Å². The minimum atomic E-state index is -0.352. The van der Waals surface area contributed by atoms with Crippen LogP contribution in [-0.4, -0.2) is 70.6 Å². The van der Waals surface area contributed by atoms with Crippen molar-refractivity contribution in [1.82, 2.24) is 14.8 Å². The van der Waals surface area contributed by atoms with E-state index in [2.05, 4.69) is 4.98 Å². The molecule has 3 rings (SSSR count). The molecule has 0 spiro atoms. The van der Waals surface area contributed by atoms with Gasteiger partial charge in [-0.3, -0.25) is 9.59 Å². The quantitative estimate of drug-likeness (QED) is 0.797. The standard InChI is InChI=1S/C24H31N3O4/c1-15-6-8-19(9-7-15)20-10-21-23(25-11-20)31-22(13-26(5)18(4)29)16(2)12-27(24(21)30)17(3)14-28/h6-11,16-17,22,28H,12-14H2,1-5H3/t16-,17+,22-/m0/s1. The highest BCUT2D eigenvalue weighted by molar-refractivity contribution is 5.98. The number of carbonyl (C=O) groups excluding carboxylic acids is 2. The van der Waals surface area contributed by atoms with E-state index in [0.29, 0.717) is 18.7 Å². The van der Waals surface area contributed by atoms with Gasteiger partial charge in [-0.15, -0.1) is 0 Å². The number of hydrogen-bond donors (Lipinski definition) is 1. The molecule has 0 radical (unpaired) electrons. The van der Waals surface area contributed by atoms with Crippen LogP contribution in [0.25, 0.3) is 11.1 Å². The smallest absolute Gasteiger partial charge is 0.259 e. The van der Waals surface area contributed by atoms with E-state index in [-0.39, 0.29) is 42.4 Å². The maximum absolute atomic E-state index is 13.4. The number of likely N-dealkylation sites (N-methyl/N-ethyl adjacent to an activating group) is 1. The lowest BCUT2D eigenvalue weighted by Crippen LogP contribution is -2.50. The maximum Gasteiger partial charge on any atom is 0.259 e. The van der Waals surface area contributed by atoms with Crippen molar-refractivity contribution in [2.24, 2.45) is 5.92 Å². The molecule has 2 heterocycles. The predicted molar refractivity (Wildman–Crippen MR) is 119 cm³/mol. The second kappa shape index (κ2) is 9.47. The minimum Gasteiger partial charge on any atom is -0.472 e. The maximum atomic E-state index is 13.4. The highest BCUT2D eigenvalue weighted by Crippen LogP contribution is 2.30. The molecule has 0 saturated heterocycles. The fourth-order valence-electron chi connectivity index (χ4n) is 3.62. The zero-order chi connectivity index (χ0) is 22.7. The molecular weight excluding hydrogens is 394 g/mol. The van der Waals surface area contributed by atoms with Crippen molar-refractivity contribution < 1.29 is 19.4 Å². The van der Waals surface area contributed by atoms with Crippen molar-refractivity contribution in [3.05, 3.63) is 47.7 Å². The molecule has 1 N–H and O–H groups in total. The normalized spacial score (nSPS) is 19.7. The number of aromatic nitrogens is 1. The van der Waals surface area contributed by atoms with Gasteiger partial charge in [0.2, 0.25) is 11.8 Å². The number of rotatable bonds is 5. The van der Waals surface area contributed by atoms with E-state index in [1.807, 2.05) is 45.0 Å². The molecular formula is C24H31N3O4. The summed E-state index contributed by atoms with van der Waals surface area (Å²) in [6.45, 7) is 7.98. The summed E-state index contributed by atoms with van der Waals surface area (Å²) in [5.74, 6) is -0.0865. The lowest BCUT2D eigenvalue weighted by atomic mass is 9.99. The van der Waals surface area contributed by atoms with Gasteiger partial charge in [-0.05, 0) is 25.5 Å². The third kappa shape index (κ3) is 5.05. The van der Waals surface area contributed by atoms with Gasteiger partial charge in [0.05, 0.1) is 19.2 Å². The molecule has 0 fully saturated rings. The number of aliphatic hydroxyl groups is 1. The number of amides is 2. The second-order valence-electron chi connectivity index (χ2n) is 8.46. The van der Waals surface area contributed by atoms with E-state index in [1.54, 1.807) is 29.1 Å². The highest BCUT2D eigenvalue weighted by Gasteiger charge is 2.34. The van der Waals surface area contributed by atoms with E-state index in [0.717, 1.165) is 16.7 Å². The molecule has 7 heteroatoms. The van der Waals surface area contributed by atoms with Gasteiger partial charge in [0, 0.05) is 38.2 Å². The van der Waals surface area contributed by atoms with E-state index < -0.39 is 0 Å². The van der Waals surface area contributed by atoms with Crippen LogP contribution < -0.4 is 4.74 Å². The van der Waals surface area contributed by atoms with Crippen molar-refractivity contribution >= 4 is 11.8 Å².